The van der Waals surface area contributed by atoms with Gasteiger partial charge in [-0.05, 0) is 46.3 Å². The van der Waals surface area contributed by atoms with Crippen molar-refractivity contribution in [1.29, 1.82) is 0 Å². The van der Waals surface area contributed by atoms with Crippen molar-refractivity contribution in [3.8, 4) is 5.75 Å². The summed E-state index contributed by atoms with van der Waals surface area (Å²) in [7, 11) is 0. The van der Waals surface area contributed by atoms with Gasteiger partial charge in [-0.25, -0.2) is 0 Å². The lowest BCUT2D eigenvalue weighted by atomic mass is 10.2. The van der Waals surface area contributed by atoms with Gasteiger partial charge in [-0.3, -0.25) is 25.2 Å². The van der Waals surface area contributed by atoms with Crippen molar-refractivity contribution >= 4 is 85.7 Å². The standard InChI is InChI=1S/C18H14BrCl4N3O4/c19-11-5-10(21)7-13(23)18(11)30-8-17(29)26-25-16(28)4-3-15(27)24-14-2-1-9(20)6-12(14)22/h1-2,5-7H,3-4,8H2,(H,24,27)(H,25,28)(H,26,29). The highest BCUT2D eigenvalue weighted by molar-refractivity contribution is 9.10. The fourth-order valence-corrected chi connectivity index (χ4v) is 3.90. The van der Waals surface area contributed by atoms with E-state index in [1.165, 1.54) is 12.1 Å². The fourth-order valence-electron chi connectivity index (χ4n) is 2.07. The number of anilines is 1. The largest absolute Gasteiger partial charge is 0.481 e. The Labute approximate surface area is 200 Å². The quantitative estimate of drug-likeness (QED) is 0.417. The summed E-state index contributed by atoms with van der Waals surface area (Å²) in [5.41, 5.74) is 4.74. The first-order valence-electron chi connectivity index (χ1n) is 8.25. The van der Waals surface area contributed by atoms with E-state index in [1.807, 2.05) is 0 Å². The van der Waals surface area contributed by atoms with Crippen molar-refractivity contribution in [2.45, 2.75) is 12.8 Å². The number of rotatable bonds is 7. The van der Waals surface area contributed by atoms with E-state index in [4.69, 9.17) is 51.1 Å². The zero-order valence-corrected chi connectivity index (χ0v) is 19.6. The number of ether oxygens (including phenoxy) is 1. The zero-order valence-electron chi connectivity index (χ0n) is 15.0. The molecule has 0 aromatic heterocycles. The van der Waals surface area contributed by atoms with E-state index in [2.05, 4.69) is 32.1 Å². The molecule has 2 aromatic rings. The minimum absolute atomic E-state index is 0.121. The van der Waals surface area contributed by atoms with Gasteiger partial charge in [-0.2, -0.15) is 0 Å². The first-order chi connectivity index (χ1) is 14.2. The van der Waals surface area contributed by atoms with Gasteiger partial charge >= 0.3 is 0 Å². The van der Waals surface area contributed by atoms with Gasteiger partial charge < -0.3 is 10.1 Å². The molecule has 0 aliphatic heterocycles. The summed E-state index contributed by atoms with van der Waals surface area (Å²) < 4.78 is 5.79. The average molecular weight is 558 g/mol. The molecule has 3 amide bonds. The Morgan fingerprint density at radius 3 is 2.13 bits per heavy atom. The smallest absolute Gasteiger partial charge is 0.276 e. The second-order valence-electron chi connectivity index (χ2n) is 5.76. The molecular weight excluding hydrogens is 544 g/mol. The third-order valence-electron chi connectivity index (χ3n) is 3.44. The molecule has 3 N–H and O–H groups in total. The van der Waals surface area contributed by atoms with E-state index in [1.54, 1.807) is 18.2 Å². The summed E-state index contributed by atoms with van der Waals surface area (Å²) in [5, 5.41) is 3.90. The normalized spacial score (nSPS) is 10.3. The second kappa shape index (κ2) is 11.6. The van der Waals surface area contributed by atoms with E-state index in [0.717, 1.165) is 0 Å². The van der Waals surface area contributed by atoms with Crippen molar-refractivity contribution in [3.05, 3.63) is 54.9 Å². The molecule has 0 radical (unpaired) electrons. The maximum Gasteiger partial charge on any atom is 0.276 e. The molecule has 0 aliphatic carbocycles. The van der Waals surface area contributed by atoms with E-state index in [0.29, 0.717) is 20.2 Å². The predicted molar refractivity (Wildman–Crippen MR) is 120 cm³/mol. The van der Waals surface area contributed by atoms with E-state index >= 15 is 0 Å². The lowest BCUT2D eigenvalue weighted by Gasteiger charge is -2.11. The van der Waals surface area contributed by atoms with Crippen molar-refractivity contribution in [2.24, 2.45) is 0 Å². The van der Waals surface area contributed by atoms with Crippen LogP contribution in [0, 0.1) is 0 Å². The fraction of sp³-hybridized carbons (Fsp3) is 0.167. The van der Waals surface area contributed by atoms with E-state index < -0.39 is 24.3 Å². The number of halogens is 5. The number of carbonyl (C=O) groups excluding carboxylic acids is 3. The lowest BCUT2D eigenvalue weighted by Crippen LogP contribution is -2.44. The number of carbonyl (C=O) groups is 3. The first kappa shape index (κ1) is 24.6. The molecule has 0 heterocycles. The topological polar surface area (TPSA) is 96.5 Å². The number of benzene rings is 2. The highest BCUT2D eigenvalue weighted by Crippen LogP contribution is 2.35. The molecule has 0 unspecified atom stereocenters. The summed E-state index contributed by atoms with van der Waals surface area (Å²) in [5.74, 6) is -1.38. The van der Waals surface area contributed by atoms with Crippen molar-refractivity contribution < 1.29 is 19.1 Å². The van der Waals surface area contributed by atoms with Crippen LogP contribution in [0.3, 0.4) is 0 Å². The number of amides is 3. The number of hydrazine groups is 1. The third kappa shape index (κ3) is 7.85. The maximum atomic E-state index is 11.9. The van der Waals surface area contributed by atoms with Gasteiger partial charge in [0.25, 0.3) is 5.91 Å². The lowest BCUT2D eigenvalue weighted by molar-refractivity contribution is -0.130. The Morgan fingerprint density at radius 2 is 1.47 bits per heavy atom. The molecule has 30 heavy (non-hydrogen) atoms. The van der Waals surface area contributed by atoms with Gasteiger partial charge in [0.05, 0.1) is 20.2 Å². The van der Waals surface area contributed by atoms with Crippen LogP contribution in [-0.2, 0) is 14.4 Å². The molecule has 0 saturated carbocycles. The van der Waals surface area contributed by atoms with Crippen LogP contribution in [0.2, 0.25) is 20.1 Å². The summed E-state index contributed by atoms with van der Waals surface area (Å²) in [4.78, 5) is 35.5. The molecule has 0 aliphatic rings. The van der Waals surface area contributed by atoms with Gasteiger partial charge in [0, 0.05) is 22.9 Å². The van der Waals surface area contributed by atoms with Crippen LogP contribution in [-0.4, -0.2) is 24.3 Å². The Balaban J connectivity index is 1.71. The van der Waals surface area contributed by atoms with Gasteiger partial charge in [-0.15, -0.1) is 0 Å². The van der Waals surface area contributed by atoms with Crippen molar-refractivity contribution in [3.63, 3.8) is 0 Å². The van der Waals surface area contributed by atoms with E-state index in [-0.39, 0.29) is 28.6 Å². The monoisotopic (exact) mass is 555 g/mol. The molecular formula is C18H14BrCl4N3O4. The minimum atomic E-state index is -0.626. The highest BCUT2D eigenvalue weighted by Gasteiger charge is 2.13. The SMILES string of the molecule is O=C(CCC(=O)Nc1ccc(Cl)cc1Cl)NNC(=O)COc1c(Cl)cc(Cl)cc1Br. The van der Waals surface area contributed by atoms with Crippen molar-refractivity contribution in [2.75, 3.05) is 11.9 Å². The van der Waals surface area contributed by atoms with Crippen LogP contribution in [0.1, 0.15) is 12.8 Å². The van der Waals surface area contributed by atoms with Gasteiger partial charge in [-0.1, -0.05) is 46.4 Å². The summed E-state index contributed by atoms with van der Waals surface area (Å²) in [6.45, 7) is -0.407. The van der Waals surface area contributed by atoms with Crippen LogP contribution < -0.4 is 20.9 Å². The van der Waals surface area contributed by atoms with Gasteiger partial charge in [0.1, 0.15) is 0 Å². The van der Waals surface area contributed by atoms with Crippen LogP contribution in [0.5, 0.6) is 5.75 Å². The molecule has 0 bridgehead atoms. The Morgan fingerprint density at radius 1 is 0.833 bits per heavy atom. The van der Waals surface area contributed by atoms with Crippen LogP contribution in [0.15, 0.2) is 34.8 Å². The maximum absolute atomic E-state index is 11.9. The number of hydrogen-bond donors (Lipinski definition) is 3. The molecule has 12 heteroatoms. The average Bonchev–Trinajstić information content (AvgIpc) is 2.66. The Kier molecular flexibility index (Phi) is 9.51. The van der Waals surface area contributed by atoms with Crippen LogP contribution >= 0.6 is 62.3 Å². The molecule has 2 aromatic carbocycles. The molecule has 0 fully saturated rings. The molecule has 0 saturated heterocycles. The summed E-state index contributed by atoms with van der Waals surface area (Å²) >= 11 is 26.8. The minimum Gasteiger partial charge on any atom is -0.481 e. The Hall–Kier alpha value is -1.71. The highest BCUT2D eigenvalue weighted by atomic mass is 79.9. The first-order valence-corrected chi connectivity index (χ1v) is 10.6. The number of hydrogen-bond acceptors (Lipinski definition) is 4. The Bertz CT molecular complexity index is 951. The summed E-state index contributed by atoms with van der Waals surface area (Å²) in [6, 6.07) is 7.63. The predicted octanol–water partition coefficient (Wildman–Crippen LogP) is 5.01. The molecule has 160 valence electrons. The zero-order chi connectivity index (χ0) is 22.3. The van der Waals surface area contributed by atoms with Crippen molar-refractivity contribution in [1.82, 2.24) is 10.9 Å². The van der Waals surface area contributed by atoms with Crippen LogP contribution in [0.25, 0.3) is 0 Å². The van der Waals surface area contributed by atoms with Gasteiger partial charge in [0.15, 0.2) is 12.4 Å². The van der Waals surface area contributed by atoms with Gasteiger partial charge in [0.2, 0.25) is 11.8 Å². The van der Waals surface area contributed by atoms with E-state index in [9.17, 15) is 14.4 Å². The molecule has 7 nitrogen and oxygen atoms in total. The second-order valence-corrected chi connectivity index (χ2v) is 8.30. The molecule has 0 spiro atoms. The third-order valence-corrected chi connectivity index (χ3v) is 5.07. The number of nitrogens with one attached hydrogen (secondary N) is 3. The molecule has 0 atom stereocenters. The van der Waals surface area contributed by atoms with Crippen LogP contribution in [0.4, 0.5) is 5.69 Å². The molecule has 2 rings (SSSR count). The summed E-state index contributed by atoms with van der Waals surface area (Å²) in [6.07, 6.45) is -0.281.